The van der Waals surface area contributed by atoms with E-state index in [-0.39, 0.29) is 18.5 Å². The van der Waals surface area contributed by atoms with Crippen LogP contribution in [0.15, 0.2) is 60.7 Å². The van der Waals surface area contributed by atoms with E-state index in [0.29, 0.717) is 19.3 Å². The molecule has 27 heavy (non-hydrogen) atoms. The van der Waals surface area contributed by atoms with E-state index in [1.807, 2.05) is 18.2 Å². The van der Waals surface area contributed by atoms with Gasteiger partial charge in [-0.3, -0.25) is 4.90 Å². The largest absolute Gasteiger partial charge is 0.369 e. The van der Waals surface area contributed by atoms with Crippen molar-refractivity contribution in [2.45, 2.75) is 31.1 Å². The molecule has 2 aromatic carbocycles. The first-order valence-electron chi connectivity index (χ1n) is 9.85. The van der Waals surface area contributed by atoms with Crippen molar-refractivity contribution in [2.24, 2.45) is 0 Å². The Labute approximate surface area is 160 Å². The van der Waals surface area contributed by atoms with Gasteiger partial charge in [-0.25, -0.2) is 0 Å². The van der Waals surface area contributed by atoms with E-state index in [1.54, 1.807) is 0 Å². The molecule has 2 aromatic rings. The van der Waals surface area contributed by atoms with E-state index in [2.05, 4.69) is 52.3 Å². The second-order valence-corrected chi connectivity index (χ2v) is 7.49. The Bertz CT molecular complexity index is 734. The number of ether oxygens (including phenoxy) is 3. The number of para-hydroxylation sites is 1. The Hall–Kier alpha value is -1.92. The molecular weight excluding hydrogens is 340 g/mol. The molecule has 3 fully saturated rings. The normalized spacial score (nSPS) is 30.7. The lowest BCUT2D eigenvalue weighted by Gasteiger charge is -2.41. The second-order valence-electron chi connectivity index (χ2n) is 7.49. The number of hydrogen-bond acceptors (Lipinski definition) is 5. The zero-order valence-electron chi connectivity index (χ0n) is 15.4. The van der Waals surface area contributed by atoms with Crippen LogP contribution in [0.5, 0.6) is 0 Å². The molecule has 3 heterocycles. The fraction of sp³-hybridized carbons (Fsp3) is 0.455. The molecule has 0 bridgehead atoms. The predicted molar refractivity (Wildman–Crippen MR) is 104 cm³/mol. The molecule has 3 aliphatic rings. The van der Waals surface area contributed by atoms with Crippen LogP contribution in [0.4, 0.5) is 5.69 Å². The lowest BCUT2D eigenvalue weighted by atomic mass is 10.1. The van der Waals surface area contributed by atoms with Crippen LogP contribution in [0, 0.1) is 0 Å². The molecule has 5 rings (SSSR count). The molecule has 142 valence electrons. The Morgan fingerprint density at radius 1 is 0.852 bits per heavy atom. The van der Waals surface area contributed by atoms with E-state index in [4.69, 9.17) is 14.2 Å². The quantitative estimate of drug-likeness (QED) is 0.760. The molecule has 0 unspecified atom stereocenters. The van der Waals surface area contributed by atoms with Crippen LogP contribution in [-0.4, -0.2) is 62.2 Å². The Balaban J connectivity index is 1.12. The molecule has 5 heteroatoms. The molecule has 0 amide bonds. The summed E-state index contributed by atoms with van der Waals surface area (Å²) in [4.78, 5) is 4.98. The van der Waals surface area contributed by atoms with Crippen molar-refractivity contribution in [3.8, 4) is 0 Å². The van der Waals surface area contributed by atoms with Crippen LogP contribution in [0.3, 0.4) is 0 Å². The first kappa shape index (κ1) is 17.2. The Kier molecular flexibility index (Phi) is 4.84. The van der Waals surface area contributed by atoms with Crippen LogP contribution in [0.2, 0.25) is 0 Å². The standard InChI is InChI=1S/C22H26N2O3/c1-3-7-17(8-4-1)15-25-22-21-20(27-21)19(16-26-22)24-13-11-23(12-14-24)18-9-5-2-6-10-18/h1-10,19-22H,11-16H2/t19-,20+,21+,22+/m1/s1. The number of benzene rings is 2. The summed E-state index contributed by atoms with van der Waals surface area (Å²) in [7, 11) is 0. The molecule has 0 spiro atoms. The van der Waals surface area contributed by atoms with Crippen LogP contribution in [0.25, 0.3) is 0 Å². The van der Waals surface area contributed by atoms with E-state index < -0.39 is 0 Å². The third-order valence-corrected chi connectivity index (χ3v) is 5.80. The molecular formula is C22H26N2O3. The van der Waals surface area contributed by atoms with Crippen molar-refractivity contribution in [3.63, 3.8) is 0 Å². The Morgan fingerprint density at radius 3 is 2.30 bits per heavy atom. The minimum atomic E-state index is -0.239. The van der Waals surface area contributed by atoms with E-state index in [1.165, 1.54) is 5.69 Å². The summed E-state index contributed by atoms with van der Waals surface area (Å²) in [6, 6.07) is 21.2. The zero-order valence-corrected chi connectivity index (χ0v) is 15.4. The average Bonchev–Trinajstić information content (AvgIpc) is 3.55. The van der Waals surface area contributed by atoms with Crippen LogP contribution >= 0.6 is 0 Å². The fourth-order valence-corrected chi connectivity index (χ4v) is 4.21. The fourth-order valence-electron chi connectivity index (χ4n) is 4.21. The number of nitrogens with zero attached hydrogens (tertiary/aromatic N) is 2. The molecule has 0 N–H and O–H groups in total. The highest BCUT2D eigenvalue weighted by molar-refractivity contribution is 5.46. The molecule has 3 saturated heterocycles. The number of piperazine rings is 1. The first-order chi connectivity index (χ1) is 13.4. The minimum Gasteiger partial charge on any atom is -0.369 e. The zero-order chi connectivity index (χ0) is 18.1. The summed E-state index contributed by atoms with van der Waals surface area (Å²) in [5, 5.41) is 0. The highest BCUT2D eigenvalue weighted by atomic mass is 16.7. The van der Waals surface area contributed by atoms with Gasteiger partial charge in [-0.15, -0.1) is 0 Å². The van der Waals surface area contributed by atoms with Gasteiger partial charge in [0, 0.05) is 31.9 Å². The Morgan fingerprint density at radius 2 is 1.56 bits per heavy atom. The third kappa shape index (κ3) is 3.73. The molecule has 5 nitrogen and oxygen atoms in total. The van der Waals surface area contributed by atoms with Crippen molar-refractivity contribution in [2.75, 3.05) is 37.7 Å². The van der Waals surface area contributed by atoms with Gasteiger partial charge in [0.05, 0.1) is 19.3 Å². The van der Waals surface area contributed by atoms with Gasteiger partial charge < -0.3 is 19.1 Å². The van der Waals surface area contributed by atoms with Crippen molar-refractivity contribution in [1.29, 1.82) is 0 Å². The molecule has 3 aliphatic heterocycles. The van der Waals surface area contributed by atoms with Gasteiger partial charge in [0.25, 0.3) is 0 Å². The monoisotopic (exact) mass is 366 g/mol. The first-order valence-corrected chi connectivity index (χ1v) is 9.85. The maximum atomic E-state index is 6.03. The van der Waals surface area contributed by atoms with Gasteiger partial charge in [-0.2, -0.15) is 0 Å². The second kappa shape index (κ2) is 7.60. The van der Waals surface area contributed by atoms with E-state index >= 15 is 0 Å². The third-order valence-electron chi connectivity index (χ3n) is 5.80. The molecule has 4 atom stereocenters. The molecule has 0 radical (unpaired) electrons. The summed E-state index contributed by atoms with van der Waals surface area (Å²) >= 11 is 0. The lowest BCUT2D eigenvalue weighted by Crippen LogP contribution is -2.56. The number of rotatable bonds is 5. The highest BCUT2D eigenvalue weighted by Crippen LogP contribution is 2.38. The van der Waals surface area contributed by atoms with Crippen LogP contribution < -0.4 is 4.90 Å². The summed E-state index contributed by atoms with van der Waals surface area (Å²) in [5.41, 5.74) is 2.48. The summed E-state index contributed by atoms with van der Waals surface area (Å²) in [6.45, 7) is 5.44. The van der Waals surface area contributed by atoms with Crippen molar-refractivity contribution < 1.29 is 14.2 Å². The van der Waals surface area contributed by atoms with Crippen molar-refractivity contribution >= 4 is 5.69 Å². The maximum absolute atomic E-state index is 6.03. The lowest BCUT2D eigenvalue weighted by molar-refractivity contribution is -0.176. The van der Waals surface area contributed by atoms with E-state index in [0.717, 1.165) is 31.7 Å². The average molecular weight is 366 g/mol. The highest BCUT2D eigenvalue weighted by Gasteiger charge is 2.56. The van der Waals surface area contributed by atoms with Crippen molar-refractivity contribution in [3.05, 3.63) is 66.2 Å². The maximum Gasteiger partial charge on any atom is 0.186 e. The summed E-state index contributed by atoms with van der Waals surface area (Å²) < 4.78 is 17.9. The smallest absolute Gasteiger partial charge is 0.186 e. The minimum absolute atomic E-state index is 0.0830. The molecule has 0 aliphatic carbocycles. The van der Waals surface area contributed by atoms with Gasteiger partial charge in [0.15, 0.2) is 6.29 Å². The van der Waals surface area contributed by atoms with Crippen LogP contribution in [0.1, 0.15) is 5.56 Å². The SMILES string of the molecule is c1ccc(CO[C@H]2OC[C@@H](N3CCN(c4ccccc4)CC3)[C@@H]3O[C@H]23)cc1. The van der Waals surface area contributed by atoms with Gasteiger partial charge in [-0.05, 0) is 17.7 Å². The summed E-state index contributed by atoms with van der Waals surface area (Å²) in [5.74, 6) is 0. The van der Waals surface area contributed by atoms with Gasteiger partial charge in [-0.1, -0.05) is 48.5 Å². The number of anilines is 1. The van der Waals surface area contributed by atoms with Crippen molar-refractivity contribution in [1.82, 2.24) is 4.90 Å². The number of epoxide rings is 1. The van der Waals surface area contributed by atoms with Gasteiger partial charge in [0.2, 0.25) is 0 Å². The number of hydrogen-bond donors (Lipinski definition) is 0. The van der Waals surface area contributed by atoms with E-state index in [9.17, 15) is 0 Å². The molecule has 0 aromatic heterocycles. The van der Waals surface area contributed by atoms with Crippen LogP contribution in [-0.2, 0) is 20.8 Å². The van der Waals surface area contributed by atoms with Gasteiger partial charge in [0.1, 0.15) is 12.2 Å². The predicted octanol–water partition coefficient (Wildman–Crippen LogP) is 2.52. The van der Waals surface area contributed by atoms with Gasteiger partial charge >= 0.3 is 0 Å². The summed E-state index contributed by atoms with van der Waals surface area (Å²) in [6.07, 6.45) is 0.0967. The topological polar surface area (TPSA) is 37.5 Å². The molecule has 0 saturated carbocycles. The number of fused-ring (bicyclic) bond motifs is 1.